The maximum atomic E-state index is 14.0. The van der Waals surface area contributed by atoms with Crippen LogP contribution in [0.2, 0.25) is 0 Å². The molecule has 0 aliphatic carbocycles. The lowest BCUT2D eigenvalue weighted by atomic mass is 10.2. The van der Waals surface area contributed by atoms with Gasteiger partial charge in [0.15, 0.2) is 11.7 Å². The van der Waals surface area contributed by atoms with Gasteiger partial charge in [0.2, 0.25) is 5.91 Å². The summed E-state index contributed by atoms with van der Waals surface area (Å²) < 4.78 is 37.9. The van der Waals surface area contributed by atoms with Crippen LogP contribution in [0.25, 0.3) is 11.3 Å². The second-order valence-electron chi connectivity index (χ2n) is 7.00. The predicted molar refractivity (Wildman–Crippen MR) is 119 cm³/mol. The average Bonchev–Trinajstić information content (AvgIpc) is 3.48. The van der Waals surface area contributed by atoms with E-state index in [0.717, 1.165) is 22.7 Å². The minimum Gasteiger partial charge on any atom is -0.497 e. The zero-order valence-corrected chi connectivity index (χ0v) is 18.1. The molecule has 0 aliphatic rings. The van der Waals surface area contributed by atoms with E-state index in [2.05, 4.69) is 4.98 Å². The third-order valence-electron chi connectivity index (χ3n) is 4.88. The van der Waals surface area contributed by atoms with Crippen molar-refractivity contribution in [3.63, 3.8) is 0 Å². The monoisotopic (exact) mass is 454 g/mol. The van der Waals surface area contributed by atoms with Crippen molar-refractivity contribution in [3.05, 3.63) is 88.6 Å². The Bertz CT molecular complexity index is 1190. The van der Waals surface area contributed by atoms with Gasteiger partial charge in [-0.1, -0.05) is 6.07 Å². The quantitative estimate of drug-likeness (QED) is 0.335. The second kappa shape index (κ2) is 9.74. The molecule has 0 atom stereocenters. The lowest BCUT2D eigenvalue weighted by molar-refractivity contribution is -0.118. The van der Waals surface area contributed by atoms with Gasteiger partial charge in [-0.15, -0.1) is 11.3 Å². The van der Waals surface area contributed by atoms with E-state index in [-0.39, 0.29) is 30.1 Å². The number of rotatable bonds is 8. The summed E-state index contributed by atoms with van der Waals surface area (Å²) in [6.07, 6.45) is 1.78. The Morgan fingerprint density at radius 1 is 1.16 bits per heavy atom. The van der Waals surface area contributed by atoms with Gasteiger partial charge < -0.3 is 14.1 Å². The van der Waals surface area contributed by atoms with Gasteiger partial charge >= 0.3 is 0 Å². The molecule has 0 saturated carbocycles. The minimum atomic E-state index is -0.731. The summed E-state index contributed by atoms with van der Waals surface area (Å²) in [5.41, 5.74) is 0.875. The number of carbonyl (C=O) groups is 1. The summed E-state index contributed by atoms with van der Waals surface area (Å²) in [7, 11) is 1.59. The molecule has 5 nitrogen and oxygen atoms in total. The maximum absolute atomic E-state index is 14.0. The Kier molecular flexibility index (Phi) is 6.61. The van der Waals surface area contributed by atoms with Crippen molar-refractivity contribution >= 4 is 22.9 Å². The number of thiophene rings is 1. The molecule has 0 radical (unpaired) electrons. The number of oxazole rings is 1. The SMILES string of the molecule is COc1ccc(N(Cc2cccs2)C(=O)CCc2ncc(-c3ccc(F)cc3F)o2)cc1. The predicted octanol–water partition coefficient (Wildman–Crippen LogP) is 5.86. The van der Waals surface area contributed by atoms with Gasteiger partial charge in [0, 0.05) is 29.5 Å². The molecule has 0 spiro atoms. The fraction of sp³-hybridized carbons (Fsp3) is 0.167. The lowest BCUT2D eigenvalue weighted by Gasteiger charge is -2.22. The molecule has 8 heteroatoms. The van der Waals surface area contributed by atoms with Crippen LogP contribution in [0.3, 0.4) is 0 Å². The van der Waals surface area contributed by atoms with Gasteiger partial charge in [-0.2, -0.15) is 0 Å². The van der Waals surface area contributed by atoms with Crippen LogP contribution in [0.5, 0.6) is 5.75 Å². The number of halogens is 2. The standard InChI is InChI=1S/C24H20F2N2O3S/c1-30-18-7-5-17(6-8-18)28(15-19-3-2-12-32-19)24(29)11-10-23-27-14-22(31-23)20-9-4-16(25)13-21(20)26/h2-9,12-14H,10-11,15H2,1H3. The molecule has 32 heavy (non-hydrogen) atoms. The van der Waals surface area contributed by atoms with E-state index in [1.54, 1.807) is 23.3 Å². The molecule has 2 aromatic heterocycles. The van der Waals surface area contributed by atoms with Gasteiger partial charge in [0.1, 0.15) is 17.4 Å². The van der Waals surface area contributed by atoms with E-state index < -0.39 is 11.6 Å². The number of carbonyl (C=O) groups excluding carboxylic acids is 1. The number of methoxy groups -OCH3 is 1. The first-order valence-electron chi connectivity index (χ1n) is 9.90. The first-order valence-corrected chi connectivity index (χ1v) is 10.8. The van der Waals surface area contributed by atoms with Crippen molar-refractivity contribution in [1.82, 2.24) is 4.98 Å². The summed E-state index contributed by atoms with van der Waals surface area (Å²) in [6, 6.07) is 14.5. The van der Waals surface area contributed by atoms with Gasteiger partial charge in [0.05, 0.1) is 25.4 Å². The number of anilines is 1. The minimum absolute atomic E-state index is 0.101. The van der Waals surface area contributed by atoms with Crippen molar-refractivity contribution in [1.29, 1.82) is 0 Å². The Morgan fingerprint density at radius 3 is 2.66 bits per heavy atom. The molecule has 2 heterocycles. The molecule has 4 aromatic rings. The van der Waals surface area contributed by atoms with Gasteiger partial charge in [0.25, 0.3) is 0 Å². The van der Waals surface area contributed by atoms with Crippen LogP contribution in [0.4, 0.5) is 14.5 Å². The molecule has 0 fully saturated rings. The highest BCUT2D eigenvalue weighted by Crippen LogP contribution is 2.26. The van der Waals surface area contributed by atoms with Crippen molar-refractivity contribution in [3.8, 4) is 17.1 Å². The molecular formula is C24H20F2N2O3S. The number of hydrogen-bond donors (Lipinski definition) is 0. The molecule has 1 amide bonds. The van der Waals surface area contributed by atoms with Gasteiger partial charge in [-0.05, 0) is 47.8 Å². The van der Waals surface area contributed by atoms with E-state index in [1.807, 2.05) is 41.8 Å². The van der Waals surface area contributed by atoms with Gasteiger partial charge in [-0.3, -0.25) is 4.79 Å². The molecule has 0 N–H and O–H groups in total. The number of ether oxygens (including phenoxy) is 1. The van der Waals surface area contributed by atoms with Crippen LogP contribution in [-0.2, 0) is 17.8 Å². The molecule has 4 rings (SSSR count). The fourth-order valence-corrected chi connectivity index (χ4v) is 3.93. The Hall–Kier alpha value is -3.52. The van der Waals surface area contributed by atoms with Crippen LogP contribution in [0.1, 0.15) is 17.2 Å². The van der Waals surface area contributed by atoms with Crippen molar-refractivity contribution < 1.29 is 22.7 Å². The van der Waals surface area contributed by atoms with Crippen LogP contribution in [0, 0.1) is 11.6 Å². The Labute approximate surface area is 187 Å². The summed E-state index contributed by atoms with van der Waals surface area (Å²) in [4.78, 5) is 20.0. The number of benzene rings is 2. The fourth-order valence-electron chi connectivity index (χ4n) is 3.23. The Morgan fingerprint density at radius 2 is 1.97 bits per heavy atom. The highest BCUT2D eigenvalue weighted by molar-refractivity contribution is 7.09. The topological polar surface area (TPSA) is 55.6 Å². The molecule has 0 bridgehead atoms. The zero-order valence-electron chi connectivity index (χ0n) is 17.3. The first-order chi connectivity index (χ1) is 15.5. The van der Waals surface area contributed by atoms with Gasteiger partial charge in [-0.25, -0.2) is 13.8 Å². The number of aromatic nitrogens is 1. The summed E-state index contributed by atoms with van der Waals surface area (Å²) in [5.74, 6) is -0.293. The van der Waals surface area contributed by atoms with Crippen molar-refractivity contribution in [2.24, 2.45) is 0 Å². The van der Waals surface area contributed by atoms with Crippen LogP contribution in [0.15, 0.2) is 70.6 Å². The van der Waals surface area contributed by atoms with Crippen molar-refractivity contribution in [2.75, 3.05) is 12.0 Å². The summed E-state index contributed by atoms with van der Waals surface area (Å²) >= 11 is 1.58. The molecular weight excluding hydrogens is 434 g/mol. The second-order valence-corrected chi connectivity index (χ2v) is 8.03. The molecule has 2 aromatic carbocycles. The van der Waals surface area contributed by atoms with Crippen LogP contribution < -0.4 is 9.64 Å². The summed E-state index contributed by atoms with van der Waals surface area (Å²) in [5, 5.41) is 1.97. The third kappa shape index (κ3) is 5.03. The molecule has 0 saturated heterocycles. The van der Waals surface area contributed by atoms with Crippen molar-refractivity contribution in [2.45, 2.75) is 19.4 Å². The normalized spacial score (nSPS) is 10.8. The van der Waals surface area contributed by atoms with E-state index in [4.69, 9.17) is 9.15 Å². The zero-order chi connectivity index (χ0) is 22.5. The lowest BCUT2D eigenvalue weighted by Crippen LogP contribution is -2.30. The summed E-state index contributed by atoms with van der Waals surface area (Å²) in [6.45, 7) is 0.445. The number of hydrogen-bond acceptors (Lipinski definition) is 5. The third-order valence-corrected chi connectivity index (χ3v) is 5.74. The van der Waals surface area contributed by atoms with E-state index in [1.165, 1.54) is 12.3 Å². The molecule has 0 unspecified atom stereocenters. The largest absolute Gasteiger partial charge is 0.497 e. The van der Waals surface area contributed by atoms with E-state index >= 15 is 0 Å². The van der Waals surface area contributed by atoms with E-state index in [0.29, 0.717) is 18.2 Å². The number of nitrogens with zero attached hydrogens (tertiary/aromatic N) is 2. The molecule has 164 valence electrons. The van der Waals surface area contributed by atoms with Crippen LogP contribution in [-0.4, -0.2) is 18.0 Å². The first kappa shape index (κ1) is 21.7. The number of aryl methyl sites for hydroxylation is 1. The van der Waals surface area contributed by atoms with Crippen LogP contribution >= 0.6 is 11.3 Å². The Balaban J connectivity index is 1.48. The highest BCUT2D eigenvalue weighted by atomic mass is 32.1. The smallest absolute Gasteiger partial charge is 0.227 e. The number of amides is 1. The maximum Gasteiger partial charge on any atom is 0.227 e. The van der Waals surface area contributed by atoms with E-state index in [9.17, 15) is 13.6 Å². The molecule has 0 aliphatic heterocycles. The highest BCUT2D eigenvalue weighted by Gasteiger charge is 2.19. The average molecular weight is 454 g/mol.